The number of aromatic nitrogens is 1. The molecule has 0 saturated heterocycles. The molecular formula is C33H35ClN4O3. The van der Waals surface area contributed by atoms with Gasteiger partial charge in [-0.1, -0.05) is 74.4 Å². The molecule has 1 aliphatic heterocycles. The highest BCUT2D eigenvalue weighted by Gasteiger charge is 2.43. The second-order valence-electron chi connectivity index (χ2n) is 11.5. The van der Waals surface area contributed by atoms with E-state index in [2.05, 4.69) is 32.2 Å². The number of aliphatic hydroxyl groups is 1. The lowest BCUT2D eigenvalue weighted by Gasteiger charge is -2.44. The smallest absolute Gasteiger partial charge is 0.267 e. The van der Waals surface area contributed by atoms with Gasteiger partial charge in [-0.2, -0.15) is 0 Å². The minimum Gasteiger partial charge on any atom is -0.358 e. The standard InChI is InChI=1S/C33H35ClN4O3/c1-20-9-14-26(15-10-20)38-32(40)30-28(35-27-16-13-24(34)17-21(27)2)18-29(39)36(19-22(3)23-11-12-23)31(30)37(33(38)41)25-7-5-4-6-8-25/h4-9,11,13-16,18,20-22,33,35,41H,10,12,17,19H2,1-3H3. The average molecular weight is 571 g/mol. The SMILES string of the molecule is CC1C=CC(N2C(=O)c3c(NC4=CC=C(Cl)CC4C)cc(=O)n(CC(C)C4=CC4)c3N(c3ccccc3)C2O)=CC1. The van der Waals surface area contributed by atoms with Crippen molar-refractivity contribution in [2.24, 2.45) is 17.8 Å². The molecule has 4 atom stereocenters. The zero-order valence-electron chi connectivity index (χ0n) is 23.5. The summed E-state index contributed by atoms with van der Waals surface area (Å²) >= 11 is 6.28. The van der Waals surface area contributed by atoms with Gasteiger partial charge in [0.15, 0.2) is 0 Å². The Kier molecular flexibility index (Phi) is 7.26. The summed E-state index contributed by atoms with van der Waals surface area (Å²) in [7, 11) is 0. The van der Waals surface area contributed by atoms with Crippen LogP contribution in [-0.2, 0) is 6.54 Å². The van der Waals surface area contributed by atoms with Gasteiger partial charge in [0, 0.05) is 40.6 Å². The van der Waals surface area contributed by atoms with Crippen molar-refractivity contribution in [1.82, 2.24) is 9.47 Å². The Hall–Kier alpha value is -3.81. The van der Waals surface area contributed by atoms with Crippen LogP contribution in [0.25, 0.3) is 0 Å². The van der Waals surface area contributed by atoms with Gasteiger partial charge < -0.3 is 10.4 Å². The van der Waals surface area contributed by atoms with E-state index in [1.165, 1.54) is 16.5 Å². The molecule has 1 aromatic heterocycles. The number of nitrogens with zero attached hydrogens (tertiary/aromatic N) is 3. The highest BCUT2D eigenvalue weighted by molar-refractivity contribution is 6.29. The molecule has 212 valence electrons. The minimum absolute atomic E-state index is 0.0727. The molecule has 8 heteroatoms. The van der Waals surface area contributed by atoms with Crippen LogP contribution in [-0.4, -0.2) is 26.8 Å². The first kappa shape index (κ1) is 27.4. The van der Waals surface area contributed by atoms with Crippen LogP contribution in [0.2, 0.25) is 0 Å². The Bertz CT molecular complexity index is 1600. The first-order valence-electron chi connectivity index (χ1n) is 14.3. The summed E-state index contributed by atoms with van der Waals surface area (Å²) in [6, 6.07) is 11.0. The fraction of sp³-hybridized carbons (Fsp3) is 0.333. The van der Waals surface area contributed by atoms with Crippen LogP contribution < -0.4 is 15.8 Å². The Morgan fingerprint density at radius 1 is 1.10 bits per heavy atom. The molecule has 0 fully saturated rings. The van der Waals surface area contributed by atoms with Gasteiger partial charge in [0.05, 0.1) is 5.69 Å². The molecule has 1 aromatic carbocycles. The number of pyridine rings is 1. The number of para-hydroxylation sites is 1. The van der Waals surface area contributed by atoms with E-state index >= 15 is 0 Å². The molecule has 2 heterocycles. The second kappa shape index (κ2) is 10.9. The van der Waals surface area contributed by atoms with Gasteiger partial charge in [-0.3, -0.25) is 24.0 Å². The van der Waals surface area contributed by atoms with Gasteiger partial charge in [-0.15, -0.1) is 0 Å². The van der Waals surface area contributed by atoms with Crippen molar-refractivity contribution in [3.8, 4) is 0 Å². The van der Waals surface area contributed by atoms with Crippen LogP contribution >= 0.6 is 11.6 Å². The summed E-state index contributed by atoms with van der Waals surface area (Å²) in [4.78, 5) is 31.5. The highest BCUT2D eigenvalue weighted by Crippen LogP contribution is 2.42. The number of carbonyl (C=O) groups is 1. The van der Waals surface area contributed by atoms with Crippen molar-refractivity contribution >= 4 is 34.7 Å². The third-order valence-corrected chi connectivity index (χ3v) is 8.58. The minimum atomic E-state index is -1.35. The zero-order chi connectivity index (χ0) is 28.8. The predicted octanol–water partition coefficient (Wildman–Crippen LogP) is 6.62. The van der Waals surface area contributed by atoms with Gasteiger partial charge in [-0.05, 0) is 61.5 Å². The van der Waals surface area contributed by atoms with E-state index in [-0.39, 0.29) is 23.3 Å². The first-order valence-corrected chi connectivity index (χ1v) is 14.6. The van der Waals surface area contributed by atoms with Gasteiger partial charge in [0.25, 0.3) is 11.5 Å². The molecule has 2 N–H and O–H groups in total. The monoisotopic (exact) mass is 570 g/mol. The quantitative estimate of drug-likeness (QED) is 0.366. The lowest BCUT2D eigenvalue weighted by atomic mass is 9.97. The molecule has 0 saturated carbocycles. The lowest BCUT2D eigenvalue weighted by Crippen LogP contribution is -2.55. The van der Waals surface area contributed by atoms with Crippen molar-refractivity contribution in [1.29, 1.82) is 0 Å². The predicted molar refractivity (Wildman–Crippen MR) is 164 cm³/mol. The Morgan fingerprint density at radius 3 is 2.51 bits per heavy atom. The van der Waals surface area contributed by atoms with Crippen molar-refractivity contribution in [3.05, 3.63) is 111 Å². The zero-order valence-corrected chi connectivity index (χ0v) is 24.3. The summed E-state index contributed by atoms with van der Waals surface area (Å²) in [6.45, 7) is 6.66. The normalized spacial score (nSPS) is 24.2. The molecule has 4 aliphatic rings. The van der Waals surface area contributed by atoms with E-state index < -0.39 is 6.35 Å². The number of anilines is 3. The van der Waals surface area contributed by atoms with Gasteiger partial charge in [0.2, 0.25) is 6.35 Å². The third-order valence-electron chi connectivity index (χ3n) is 8.30. The van der Waals surface area contributed by atoms with Crippen LogP contribution in [0.15, 0.2) is 99.6 Å². The van der Waals surface area contributed by atoms with E-state index in [0.29, 0.717) is 47.3 Å². The summed E-state index contributed by atoms with van der Waals surface area (Å²) in [5, 5.41) is 16.1. The molecule has 41 heavy (non-hydrogen) atoms. The Morgan fingerprint density at radius 2 is 1.85 bits per heavy atom. The molecule has 4 unspecified atom stereocenters. The van der Waals surface area contributed by atoms with E-state index in [1.807, 2.05) is 60.7 Å². The molecular weight excluding hydrogens is 536 g/mol. The fourth-order valence-electron chi connectivity index (χ4n) is 5.80. The van der Waals surface area contributed by atoms with E-state index in [0.717, 1.165) is 23.6 Å². The maximum Gasteiger partial charge on any atom is 0.267 e. The number of hydrogen-bond donors (Lipinski definition) is 2. The Balaban J connectivity index is 1.58. The van der Waals surface area contributed by atoms with Gasteiger partial charge in [-0.25, -0.2) is 0 Å². The number of aliphatic hydroxyl groups excluding tert-OH is 1. The molecule has 3 aliphatic carbocycles. The third kappa shape index (κ3) is 5.20. The highest BCUT2D eigenvalue weighted by atomic mass is 35.5. The molecule has 0 radical (unpaired) electrons. The molecule has 0 bridgehead atoms. The molecule has 0 spiro atoms. The number of allylic oxidation sites excluding steroid dienone is 9. The first-order chi connectivity index (χ1) is 19.7. The van der Waals surface area contributed by atoms with Crippen LogP contribution in [0.4, 0.5) is 17.2 Å². The summed E-state index contributed by atoms with van der Waals surface area (Å²) in [5.41, 5.74) is 3.99. The van der Waals surface area contributed by atoms with Crippen molar-refractivity contribution in [3.63, 3.8) is 0 Å². The summed E-state index contributed by atoms with van der Waals surface area (Å²) in [6.07, 6.45) is 12.8. The van der Waals surface area contributed by atoms with Gasteiger partial charge in [0.1, 0.15) is 11.4 Å². The maximum absolute atomic E-state index is 14.5. The number of benzene rings is 1. The number of nitrogens with one attached hydrogen (secondary N) is 1. The van der Waals surface area contributed by atoms with Gasteiger partial charge >= 0.3 is 0 Å². The number of rotatable bonds is 7. The average Bonchev–Trinajstić information content (AvgIpc) is 3.79. The Labute approximate surface area is 245 Å². The number of fused-ring (bicyclic) bond motifs is 1. The van der Waals surface area contributed by atoms with E-state index in [1.54, 1.807) is 9.47 Å². The topological polar surface area (TPSA) is 77.8 Å². The number of carbonyl (C=O) groups excluding carboxylic acids is 1. The second-order valence-corrected chi connectivity index (χ2v) is 12.0. The number of amides is 1. The maximum atomic E-state index is 14.5. The molecule has 7 nitrogen and oxygen atoms in total. The van der Waals surface area contributed by atoms with E-state index in [4.69, 9.17) is 11.6 Å². The van der Waals surface area contributed by atoms with Crippen molar-refractivity contribution in [2.45, 2.75) is 52.9 Å². The van der Waals surface area contributed by atoms with E-state index in [9.17, 15) is 14.7 Å². The van der Waals surface area contributed by atoms with Crippen LogP contribution in [0.1, 0.15) is 50.4 Å². The largest absolute Gasteiger partial charge is 0.358 e. The number of hydrogen-bond acceptors (Lipinski definition) is 5. The van der Waals surface area contributed by atoms with Crippen LogP contribution in [0.5, 0.6) is 0 Å². The fourth-order valence-corrected chi connectivity index (χ4v) is 6.09. The summed E-state index contributed by atoms with van der Waals surface area (Å²) in [5.74, 6) is 0.561. The number of halogens is 1. The molecule has 6 rings (SSSR count). The van der Waals surface area contributed by atoms with Crippen LogP contribution in [0.3, 0.4) is 0 Å². The van der Waals surface area contributed by atoms with Crippen molar-refractivity contribution < 1.29 is 9.90 Å². The lowest BCUT2D eigenvalue weighted by molar-refractivity contribution is 0.0235. The van der Waals surface area contributed by atoms with Crippen molar-refractivity contribution in [2.75, 3.05) is 10.2 Å². The van der Waals surface area contributed by atoms with Crippen LogP contribution in [0, 0.1) is 17.8 Å². The molecule has 1 amide bonds. The summed E-state index contributed by atoms with van der Waals surface area (Å²) < 4.78 is 1.65. The molecule has 2 aromatic rings.